The Labute approximate surface area is 283 Å². The molecule has 0 radical (unpaired) electrons. The van der Waals surface area contributed by atoms with E-state index in [0.29, 0.717) is 11.1 Å². The van der Waals surface area contributed by atoms with E-state index < -0.39 is 89.4 Å². The molecule has 1 nitrogen and oxygen atoms in total. The quantitative estimate of drug-likeness (QED) is 0.185. The fourth-order valence-corrected chi connectivity index (χ4v) is 7.57. The first kappa shape index (κ1) is 15.1. The molecule has 1 heteroatoms. The zero-order valence-electron chi connectivity index (χ0n) is 38.2. The maximum atomic E-state index is 10.2. The van der Waals surface area contributed by atoms with Gasteiger partial charge in [-0.05, 0) is 90.6 Å². The second-order valence-electron chi connectivity index (χ2n) is 12.1. The van der Waals surface area contributed by atoms with Crippen LogP contribution in [0.15, 0.2) is 145 Å². The summed E-state index contributed by atoms with van der Waals surface area (Å²) >= 11 is 0. The highest BCUT2D eigenvalue weighted by molar-refractivity contribution is 6.06. The van der Waals surface area contributed by atoms with Crippen molar-refractivity contribution in [1.29, 1.82) is 0 Å². The Morgan fingerprint density at radius 3 is 2.11 bits per heavy atom. The third kappa shape index (κ3) is 3.08. The third-order valence-corrected chi connectivity index (χ3v) is 9.57. The lowest BCUT2D eigenvalue weighted by molar-refractivity contribution is 0.418. The van der Waals surface area contributed by atoms with Gasteiger partial charge in [0, 0.05) is 16.5 Å². The van der Waals surface area contributed by atoms with Gasteiger partial charge in [-0.2, -0.15) is 0 Å². The van der Waals surface area contributed by atoms with Crippen molar-refractivity contribution in [2.24, 2.45) is 0 Å². The van der Waals surface area contributed by atoms with Crippen LogP contribution in [0.4, 0.5) is 0 Å². The lowest BCUT2D eigenvalue weighted by Gasteiger charge is -2.35. The van der Waals surface area contributed by atoms with Crippen LogP contribution in [0, 0.1) is 0 Å². The first-order valence-corrected chi connectivity index (χ1v) is 14.7. The first-order chi connectivity index (χ1) is 27.9. The molecule has 10 rings (SSSR count). The fraction of sp³-hybridized carbons (Fsp3) is 0.0909. The lowest BCUT2D eigenvalue weighted by Crippen LogP contribution is -2.26. The minimum atomic E-state index is -1.63. The summed E-state index contributed by atoms with van der Waals surface area (Å²) < 4.78 is 134. The van der Waals surface area contributed by atoms with Crippen LogP contribution >= 0.6 is 0 Å². The maximum absolute atomic E-state index is 10.2. The molecule has 0 aromatic heterocycles. The fourth-order valence-electron chi connectivity index (χ4n) is 7.57. The SMILES string of the molecule is [2H]c1c([2H])c([2H])c2c(c1[2H])Oc1c([2H])c([2H])c(-c3c([2H])c([2H])c4c(c3[2H])C3(c5ccccc5-c5c3ccc3ccccc53)c3c([2H])c([2H])c([2H])c([2H])c3-4)c([2H])c1C2(C)C. The van der Waals surface area contributed by atoms with Crippen LogP contribution in [-0.4, -0.2) is 0 Å². The molecule has 0 fully saturated rings. The zero-order chi connectivity index (χ0) is 42.1. The molecule has 0 saturated heterocycles. The number of benzene rings is 7. The maximum Gasteiger partial charge on any atom is 0.131 e. The zero-order valence-corrected chi connectivity index (χ0v) is 24.2. The molecule has 3 aliphatic rings. The standard InChI is InChI=1S/C44H30O/c1-43(2)36-17-9-10-18-40(36)45-41-24-21-29(26-39(41)43)28-19-22-32-31-13-5-7-15-34(31)44(38(32)25-28)35-16-8-6-14-33(35)42-30-12-4-3-11-27(30)20-23-37(42)44/h3-26H,1-2H3/i5D,7D,9D,10D,13D,15D,17D,18D,19D,21D,22D,24D,25D,26D. The van der Waals surface area contributed by atoms with Crippen LogP contribution in [0.2, 0.25) is 0 Å². The van der Waals surface area contributed by atoms with Crippen LogP contribution in [0.1, 0.15) is 66.4 Å². The molecule has 45 heavy (non-hydrogen) atoms. The molecule has 2 aliphatic carbocycles. The molecule has 7 aromatic rings. The summed E-state index contributed by atoms with van der Waals surface area (Å²) in [5, 5.41) is 1.77. The van der Waals surface area contributed by atoms with Crippen LogP contribution in [0.25, 0.3) is 44.2 Å². The Morgan fingerprint density at radius 2 is 1.20 bits per heavy atom. The van der Waals surface area contributed by atoms with Crippen molar-refractivity contribution in [1.82, 2.24) is 0 Å². The second kappa shape index (κ2) is 8.61. The van der Waals surface area contributed by atoms with E-state index >= 15 is 0 Å². The molecule has 1 unspecified atom stereocenters. The molecule has 1 atom stereocenters. The van der Waals surface area contributed by atoms with E-state index in [4.69, 9.17) is 13.0 Å². The molecule has 0 N–H and O–H groups in total. The van der Waals surface area contributed by atoms with E-state index in [1.807, 2.05) is 54.6 Å². The molecular weight excluding hydrogens is 544 g/mol. The van der Waals surface area contributed by atoms with Gasteiger partial charge in [0.15, 0.2) is 0 Å². The molecule has 0 bridgehead atoms. The van der Waals surface area contributed by atoms with Crippen LogP contribution in [0.3, 0.4) is 0 Å². The van der Waals surface area contributed by atoms with Crippen molar-refractivity contribution < 1.29 is 23.9 Å². The van der Waals surface area contributed by atoms with Gasteiger partial charge in [-0.1, -0.05) is 135 Å². The Hall–Kier alpha value is -5.40. The number of fused-ring (bicyclic) bond motifs is 14. The van der Waals surface area contributed by atoms with E-state index in [1.165, 1.54) is 0 Å². The summed E-state index contributed by atoms with van der Waals surface area (Å²) in [6.45, 7) is 3.23. The summed E-state index contributed by atoms with van der Waals surface area (Å²) in [4.78, 5) is 0. The predicted octanol–water partition coefficient (Wildman–Crippen LogP) is 11.3. The Morgan fingerprint density at radius 1 is 0.511 bits per heavy atom. The smallest absolute Gasteiger partial charge is 0.131 e. The summed E-state index contributed by atoms with van der Waals surface area (Å²) in [5.74, 6) is -0.498. The van der Waals surface area contributed by atoms with Gasteiger partial charge in [0.1, 0.15) is 11.5 Å². The molecule has 212 valence electrons. The molecule has 1 heterocycles. The number of para-hydroxylation sites is 1. The van der Waals surface area contributed by atoms with Gasteiger partial charge in [0.2, 0.25) is 0 Å². The Kier molecular flexibility index (Phi) is 2.88. The van der Waals surface area contributed by atoms with Crippen LogP contribution in [0.5, 0.6) is 11.5 Å². The van der Waals surface area contributed by atoms with Gasteiger partial charge in [0.05, 0.1) is 24.6 Å². The Balaban J connectivity index is 1.38. The average molecular weight is 589 g/mol. The highest BCUT2D eigenvalue weighted by atomic mass is 16.5. The predicted molar refractivity (Wildman–Crippen MR) is 184 cm³/mol. The molecule has 1 spiro atoms. The van der Waals surface area contributed by atoms with Crippen molar-refractivity contribution in [2.45, 2.75) is 24.7 Å². The molecule has 0 saturated carbocycles. The molecule has 0 amide bonds. The van der Waals surface area contributed by atoms with Crippen molar-refractivity contribution in [3.8, 4) is 44.9 Å². The van der Waals surface area contributed by atoms with E-state index in [-0.39, 0.29) is 62.0 Å². The third-order valence-electron chi connectivity index (χ3n) is 9.57. The van der Waals surface area contributed by atoms with Gasteiger partial charge in [-0.25, -0.2) is 0 Å². The largest absolute Gasteiger partial charge is 0.457 e. The van der Waals surface area contributed by atoms with Gasteiger partial charge in [-0.15, -0.1) is 0 Å². The van der Waals surface area contributed by atoms with E-state index in [2.05, 4.69) is 0 Å². The Bertz CT molecular complexity index is 3170. The topological polar surface area (TPSA) is 9.23 Å². The highest BCUT2D eigenvalue weighted by Crippen LogP contribution is 2.64. The van der Waals surface area contributed by atoms with Gasteiger partial charge in [0.25, 0.3) is 0 Å². The molecule has 1 aliphatic heterocycles. The van der Waals surface area contributed by atoms with Crippen molar-refractivity contribution in [3.05, 3.63) is 179 Å². The minimum Gasteiger partial charge on any atom is -0.457 e. The minimum absolute atomic E-state index is 0.00234. The monoisotopic (exact) mass is 588 g/mol. The van der Waals surface area contributed by atoms with Crippen molar-refractivity contribution in [2.75, 3.05) is 0 Å². The van der Waals surface area contributed by atoms with E-state index in [9.17, 15) is 11.0 Å². The van der Waals surface area contributed by atoms with Gasteiger partial charge >= 0.3 is 0 Å². The van der Waals surface area contributed by atoms with Crippen LogP contribution < -0.4 is 4.74 Å². The highest BCUT2D eigenvalue weighted by Gasteiger charge is 2.52. The summed E-state index contributed by atoms with van der Waals surface area (Å²) in [6, 6.07) is 12.1. The van der Waals surface area contributed by atoms with E-state index in [0.717, 1.165) is 21.9 Å². The number of hydrogen-bond acceptors (Lipinski definition) is 1. The molecular formula is C44H30O. The number of ether oxygens (including phenoxy) is 1. The summed E-state index contributed by atoms with van der Waals surface area (Å²) in [5.41, 5.74) is -0.780. The van der Waals surface area contributed by atoms with Gasteiger partial charge in [-0.3, -0.25) is 0 Å². The summed E-state index contributed by atoms with van der Waals surface area (Å²) in [6.07, 6.45) is 0. The molecule has 7 aromatic carbocycles. The number of hydrogen-bond donors (Lipinski definition) is 0. The van der Waals surface area contributed by atoms with Crippen molar-refractivity contribution >= 4 is 10.8 Å². The van der Waals surface area contributed by atoms with Crippen molar-refractivity contribution in [3.63, 3.8) is 0 Å². The first-order valence-electron chi connectivity index (χ1n) is 21.7. The number of rotatable bonds is 1. The average Bonchev–Trinajstić information content (AvgIpc) is 3.70. The lowest BCUT2D eigenvalue weighted by atomic mass is 9.70. The van der Waals surface area contributed by atoms with Gasteiger partial charge < -0.3 is 4.74 Å². The van der Waals surface area contributed by atoms with Crippen LogP contribution in [-0.2, 0) is 10.8 Å². The normalized spacial score (nSPS) is 21.9. The second-order valence-corrected chi connectivity index (χ2v) is 12.1. The summed E-state index contributed by atoms with van der Waals surface area (Å²) in [7, 11) is 0. The van der Waals surface area contributed by atoms with E-state index in [1.54, 1.807) is 19.9 Å².